The van der Waals surface area contributed by atoms with Gasteiger partial charge in [-0.3, -0.25) is 4.79 Å². The van der Waals surface area contributed by atoms with E-state index in [1.54, 1.807) is 37.4 Å². The molecule has 4 nitrogen and oxygen atoms in total. The summed E-state index contributed by atoms with van der Waals surface area (Å²) in [5.74, 6) is 0.461. The zero-order chi connectivity index (χ0) is 19.2. The lowest BCUT2D eigenvalue weighted by Gasteiger charge is -2.13. The summed E-state index contributed by atoms with van der Waals surface area (Å²) in [4.78, 5) is 12.5. The second-order valence-electron chi connectivity index (χ2n) is 5.71. The molecule has 0 fully saturated rings. The third-order valence-corrected chi connectivity index (χ3v) is 4.18. The van der Waals surface area contributed by atoms with E-state index in [0.717, 1.165) is 0 Å². The number of hydrogen-bond acceptors (Lipinski definition) is 3. The Kier molecular flexibility index (Phi) is 5.94. The summed E-state index contributed by atoms with van der Waals surface area (Å²) in [6, 6.07) is 17.7. The Labute approximate surface area is 161 Å². The Morgan fingerprint density at radius 2 is 1.78 bits per heavy atom. The van der Waals surface area contributed by atoms with Crippen molar-refractivity contribution in [2.45, 2.75) is 6.61 Å². The molecule has 6 heteroatoms. The van der Waals surface area contributed by atoms with Crippen molar-refractivity contribution >= 4 is 23.2 Å². The highest BCUT2D eigenvalue weighted by Crippen LogP contribution is 2.27. The maximum absolute atomic E-state index is 13.0. The van der Waals surface area contributed by atoms with Gasteiger partial charge in [-0.1, -0.05) is 23.7 Å². The monoisotopic (exact) mass is 385 g/mol. The number of carbonyl (C=O) groups excluding carboxylic acids is 1. The van der Waals surface area contributed by atoms with Crippen LogP contribution in [-0.2, 0) is 6.61 Å². The van der Waals surface area contributed by atoms with Crippen molar-refractivity contribution in [1.82, 2.24) is 0 Å². The summed E-state index contributed by atoms with van der Waals surface area (Å²) in [5, 5.41) is 3.23. The number of benzene rings is 3. The number of halogens is 2. The summed E-state index contributed by atoms with van der Waals surface area (Å²) in [7, 11) is 1.55. The van der Waals surface area contributed by atoms with Crippen LogP contribution in [0, 0.1) is 5.82 Å². The average Bonchev–Trinajstić information content (AvgIpc) is 2.69. The summed E-state index contributed by atoms with van der Waals surface area (Å²) in [6.45, 7) is 0.185. The predicted octanol–water partition coefficient (Wildman–Crippen LogP) is 5.32. The van der Waals surface area contributed by atoms with E-state index in [1.165, 1.54) is 24.3 Å². The van der Waals surface area contributed by atoms with E-state index >= 15 is 0 Å². The van der Waals surface area contributed by atoms with Crippen LogP contribution in [0.5, 0.6) is 11.5 Å². The molecule has 1 amide bonds. The third-order valence-electron chi connectivity index (χ3n) is 3.86. The van der Waals surface area contributed by atoms with Crippen molar-refractivity contribution in [2.24, 2.45) is 0 Å². The molecule has 0 aliphatic carbocycles. The molecule has 0 bridgehead atoms. The summed E-state index contributed by atoms with van der Waals surface area (Å²) in [5.41, 5.74) is 1.63. The smallest absolute Gasteiger partial charge is 0.255 e. The van der Waals surface area contributed by atoms with Crippen LogP contribution in [0.25, 0.3) is 0 Å². The first kappa shape index (κ1) is 18.7. The molecule has 0 spiro atoms. The molecular formula is C21H17ClFNO3. The van der Waals surface area contributed by atoms with Crippen LogP contribution < -0.4 is 14.8 Å². The van der Waals surface area contributed by atoms with Crippen LogP contribution in [0.1, 0.15) is 15.9 Å². The first-order valence-electron chi connectivity index (χ1n) is 8.18. The van der Waals surface area contributed by atoms with E-state index in [1.807, 2.05) is 12.1 Å². The molecule has 0 unspecified atom stereocenters. The normalized spacial score (nSPS) is 10.3. The van der Waals surface area contributed by atoms with Crippen molar-refractivity contribution in [3.8, 4) is 11.5 Å². The van der Waals surface area contributed by atoms with Crippen LogP contribution in [0.4, 0.5) is 10.1 Å². The second-order valence-corrected chi connectivity index (χ2v) is 6.11. The molecule has 0 aromatic heterocycles. The SMILES string of the molecule is COc1ccc(C(=O)Nc2ccc(F)cc2)cc1COc1ccccc1Cl. The van der Waals surface area contributed by atoms with Crippen LogP contribution in [0.15, 0.2) is 66.7 Å². The Bertz CT molecular complexity index is 944. The van der Waals surface area contributed by atoms with E-state index in [9.17, 15) is 9.18 Å². The molecule has 1 N–H and O–H groups in total. The third kappa shape index (κ3) is 4.77. The Morgan fingerprint density at radius 1 is 1.04 bits per heavy atom. The zero-order valence-corrected chi connectivity index (χ0v) is 15.3. The number of carbonyl (C=O) groups is 1. The van der Waals surface area contributed by atoms with E-state index in [2.05, 4.69) is 5.32 Å². The van der Waals surface area contributed by atoms with Crippen LogP contribution >= 0.6 is 11.6 Å². The molecule has 0 saturated heterocycles. The van der Waals surface area contributed by atoms with Gasteiger partial charge in [0, 0.05) is 16.8 Å². The standard InChI is InChI=1S/C21H17ClFNO3/c1-26-19-11-6-14(21(25)24-17-9-7-16(23)8-10-17)12-15(19)13-27-20-5-3-2-4-18(20)22/h2-12H,13H2,1H3,(H,24,25). The van der Waals surface area contributed by atoms with E-state index in [4.69, 9.17) is 21.1 Å². The largest absolute Gasteiger partial charge is 0.496 e. The predicted molar refractivity (Wildman–Crippen MR) is 103 cm³/mol. The van der Waals surface area contributed by atoms with E-state index < -0.39 is 0 Å². The first-order valence-corrected chi connectivity index (χ1v) is 8.56. The van der Waals surface area contributed by atoms with Crippen LogP contribution in [-0.4, -0.2) is 13.0 Å². The summed E-state index contributed by atoms with van der Waals surface area (Å²) >= 11 is 6.10. The van der Waals surface area contributed by atoms with E-state index in [0.29, 0.717) is 33.3 Å². The minimum absolute atomic E-state index is 0.185. The van der Waals surface area contributed by atoms with Gasteiger partial charge in [0.05, 0.1) is 12.1 Å². The minimum Gasteiger partial charge on any atom is -0.496 e. The first-order chi connectivity index (χ1) is 13.1. The van der Waals surface area contributed by atoms with Gasteiger partial charge in [-0.25, -0.2) is 4.39 Å². The molecule has 0 atom stereocenters. The Morgan fingerprint density at radius 3 is 2.48 bits per heavy atom. The highest BCUT2D eigenvalue weighted by molar-refractivity contribution is 6.32. The molecule has 3 aromatic rings. The lowest BCUT2D eigenvalue weighted by molar-refractivity contribution is 0.102. The topological polar surface area (TPSA) is 47.6 Å². The van der Waals surface area contributed by atoms with Crippen molar-refractivity contribution in [3.05, 3.63) is 88.7 Å². The molecule has 0 saturated carbocycles. The fraction of sp³-hybridized carbons (Fsp3) is 0.0952. The van der Waals surface area contributed by atoms with E-state index in [-0.39, 0.29) is 18.3 Å². The van der Waals surface area contributed by atoms with Gasteiger partial charge in [0.15, 0.2) is 0 Å². The fourth-order valence-electron chi connectivity index (χ4n) is 2.49. The summed E-state index contributed by atoms with van der Waals surface area (Å²) in [6.07, 6.45) is 0. The number of ether oxygens (including phenoxy) is 2. The van der Waals surface area contributed by atoms with Crippen LogP contribution in [0.3, 0.4) is 0 Å². The number of methoxy groups -OCH3 is 1. The Hall–Kier alpha value is -3.05. The van der Waals surface area contributed by atoms with Crippen molar-refractivity contribution < 1.29 is 18.7 Å². The molecule has 3 aromatic carbocycles. The number of hydrogen-bond donors (Lipinski definition) is 1. The van der Waals surface area contributed by atoms with Crippen LogP contribution in [0.2, 0.25) is 5.02 Å². The van der Waals surface area contributed by atoms with Gasteiger partial charge in [-0.2, -0.15) is 0 Å². The molecular weight excluding hydrogens is 369 g/mol. The molecule has 138 valence electrons. The van der Waals surface area contributed by atoms with Gasteiger partial charge in [0.1, 0.15) is 23.9 Å². The second kappa shape index (κ2) is 8.56. The number of anilines is 1. The molecule has 0 aliphatic heterocycles. The lowest BCUT2D eigenvalue weighted by Crippen LogP contribution is -2.13. The number of para-hydroxylation sites is 1. The number of rotatable bonds is 6. The summed E-state index contributed by atoms with van der Waals surface area (Å²) < 4.78 is 24.1. The minimum atomic E-state index is -0.364. The molecule has 0 heterocycles. The van der Waals surface area contributed by atoms with Gasteiger partial charge in [-0.15, -0.1) is 0 Å². The highest BCUT2D eigenvalue weighted by atomic mass is 35.5. The zero-order valence-electron chi connectivity index (χ0n) is 14.5. The number of nitrogens with one attached hydrogen (secondary N) is 1. The lowest BCUT2D eigenvalue weighted by atomic mass is 10.1. The fourth-order valence-corrected chi connectivity index (χ4v) is 2.68. The van der Waals surface area contributed by atoms with Crippen molar-refractivity contribution in [3.63, 3.8) is 0 Å². The molecule has 0 radical (unpaired) electrons. The Balaban J connectivity index is 1.77. The van der Waals surface area contributed by atoms with Gasteiger partial charge in [0.25, 0.3) is 5.91 Å². The molecule has 0 aliphatic rings. The molecule has 3 rings (SSSR count). The van der Waals surface area contributed by atoms with Gasteiger partial charge >= 0.3 is 0 Å². The maximum Gasteiger partial charge on any atom is 0.255 e. The maximum atomic E-state index is 13.0. The quantitative estimate of drug-likeness (QED) is 0.624. The van der Waals surface area contributed by atoms with Gasteiger partial charge < -0.3 is 14.8 Å². The average molecular weight is 386 g/mol. The molecule has 27 heavy (non-hydrogen) atoms. The van der Waals surface area contributed by atoms with Gasteiger partial charge in [-0.05, 0) is 54.6 Å². The van der Waals surface area contributed by atoms with Gasteiger partial charge in [0.2, 0.25) is 0 Å². The van der Waals surface area contributed by atoms with Crippen molar-refractivity contribution in [1.29, 1.82) is 0 Å². The number of amides is 1. The van der Waals surface area contributed by atoms with Crippen molar-refractivity contribution in [2.75, 3.05) is 12.4 Å². The highest BCUT2D eigenvalue weighted by Gasteiger charge is 2.12.